The van der Waals surface area contributed by atoms with Gasteiger partial charge in [-0.25, -0.2) is 0 Å². The lowest BCUT2D eigenvalue weighted by Crippen LogP contribution is -2.41. The van der Waals surface area contributed by atoms with Gasteiger partial charge < -0.3 is 5.32 Å². The molecule has 4 nitrogen and oxygen atoms in total. The van der Waals surface area contributed by atoms with Crippen LogP contribution in [0.25, 0.3) is 0 Å². The molecule has 0 aromatic rings. The number of amides is 2. The number of nitrogens with one attached hydrogen (secondary N) is 1. The summed E-state index contributed by atoms with van der Waals surface area (Å²) in [5.41, 5.74) is -0.399. The van der Waals surface area contributed by atoms with Crippen LogP contribution in [0, 0.1) is 11.3 Å². The topological polar surface area (TPSA) is 49.4 Å². The maximum atomic E-state index is 12.5. The summed E-state index contributed by atoms with van der Waals surface area (Å²) >= 11 is 0. The van der Waals surface area contributed by atoms with Gasteiger partial charge in [0.25, 0.3) is 0 Å². The molecule has 0 aromatic heterocycles. The number of nitrogens with zero attached hydrogens (tertiary/aromatic N) is 1. The lowest BCUT2D eigenvalue weighted by Gasteiger charge is -2.28. The van der Waals surface area contributed by atoms with Crippen molar-refractivity contribution in [2.45, 2.75) is 46.0 Å². The lowest BCUT2D eigenvalue weighted by atomic mass is 9.81. The molecule has 0 atom stereocenters. The molecule has 2 saturated heterocycles. The quantitative estimate of drug-likeness (QED) is 0.772. The van der Waals surface area contributed by atoms with Crippen molar-refractivity contribution in [1.29, 1.82) is 0 Å². The highest BCUT2D eigenvalue weighted by Crippen LogP contribution is 2.39. The average Bonchev–Trinajstić information content (AvgIpc) is 2.65. The van der Waals surface area contributed by atoms with Gasteiger partial charge in [-0.3, -0.25) is 14.5 Å². The Morgan fingerprint density at radius 1 is 1.22 bits per heavy atom. The maximum Gasteiger partial charge on any atom is 0.235 e. The van der Waals surface area contributed by atoms with Crippen molar-refractivity contribution in [3.63, 3.8) is 0 Å². The molecule has 0 unspecified atom stereocenters. The van der Waals surface area contributed by atoms with Gasteiger partial charge in [0.05, 0.1) is 5.41 Å². The molecule has 102 valence electrons. The van der Waals surface area contributed by atoms with Crippen LogP contribution in [-0.2, 0) is 9.59 Å². The molecule has 1 N–H and O–H groups in total. The van der Waals surface area contributed by atoms with Gasteiger partial charge in [0, 0.05) is 13.0 Å². The second-order valence-corrected chi connectivity index (χ2v) is 5.67. The summed E-state index contributed by atoms with van der Waals surface area (Å²) in [6.07, 6.45) is 4.11. The molecule has 0 saturated carbocycles. The molecule has 0 spiro atoms. The molecule has 2 heterocycles. The standard InChI is InChI=1S/C14H24N2O2/c1-3-14(4-2)9-12(17)16(13(14)18)10-11-5-7-15-8-6-11/h11,15H,3-10H2,1-2H3. The summed E-state index contributed by atoms with van der Waals surface area (Å²) in [4.78, 5) is 26.1. The van der Waals surface area contributed by atoms with E-state index >= 15 is 0 Å². The summed E-state index contributed by atoms with van der Waals surface area (Å²) in [6.45, 7) is 6.69. The Balaban J connectivity index is 2.04. The van der Waals surface area contributed by atoms with E-state index in [0.717, 1.165) is 38.8 Å². The van der Waals surface area contributed by atoms with E-state index in [-0.39, 0.29) is 11.8 Å². The van der Waals surface area contributed by atoms with Gasteiger partial charge in [0.1, 0.15) is 0 Å². The van der Waals surface area contributed by atoms with Crippen LogP contribution in [0.1, 0.15) is 46.0 Å². The predicted octanol–water partition coefficient (Wildman–Crippen LogP) is 1.55. The van der Waals surface area contributed by atoms with Crippen LogP contribution in [0.3, 0.4) is 0 Å². The molecule has 2 amide bonds. The first-order valence-electron chi connectivity index (χ1n) is 7.18. The Morgan fingerprint density at radius 2 is 1.83 bits per heavy atom. The zero-order chi connectivity index (χ0) is 13.2. The minimum Gasteiger partial charge on any atom is -0.317 e. The largest absolute Gasteiger partial charge is 0.317 e. The van der Waals surface area contributed by atoms with E-state index in [2.05, 4.69) is 5.32 Å². The van der Waals surface area contributed by atoms with E-state index in [1.54, 1.807) is 4.90 Å². The molecule has 0 aliphatic carbocycles. The minimum absolute atomic E-state index is 0.0437. The van der Waals surface area contributed by atoms with Gasteiger partial charge >= 0.3 is 0 Å². The molecule has 2 rings (SSSR count). The lowest BCUT2D eigenvalue weighted by molar-refractivity contribution is -0.142. The third-order valence-electron chi connectivity index (χ3n) is 4.74. The Hall–Kier alpha value is -0.900. The Labute approximate surface area is 109 Å². The van der Waals surface area contributed by atoms with Crippen molar-refractivity contribution in [3.05, 3.63) is 0 Å². The Kier molecular flexibility index (Phi) is 4.05. The van der Waals surface area contributed by atoms with Gasteiger partial charge in [0.15, 0.2) is 0 Å². The fraction of sp³-hybridized carbons (Fsp3) is 0.857. The number of hydrogen-bond donors (Lipinski definition) is 1. The average molecular weight is 252 g/mol. The van der Waals surface area contributed by atoms with Crippen molar-refractivity contribution in [2.24, 2.45) is 11.3 Å². The molecule has 0 radical (unpaired) electrons. The number of hydrogen-bond acceptors (Lipinski definition) is 3. The Morgan fingerprint density at radius 3 is 2.33 bits per heavy atom. The number of carbonyl (C=O) groups excluding carboxylic acids is 2. The van der Waals surface area contributed by atoms with Crippen LogP contribution >= 0.6 is 0 Å². The van der Waals surface area contributed by atoms with Crippen LogP contribution in [-0.4, -0.2) is 36.3 Å². The summed E-state index contributed by atoms with van der Waals surface area (Å²) < 4.78 is 0. The first kappa shape index (κ1) is 13.5. The smallest absolute Gasteiger partial charge is 0.235 e. The first-order chi connectivity index (χ1) is 8.63. The van der Waals surface area contributed by atoms with Gasteiger partial charge in [0.2, 0.25) is 11.8 Å². The van der Waals surface area contributed by atoms with Crippen LogP contribution in [0.2, 0.25) is 0 Å². The van der Waals surface area contributed by atoms with Gasteiger partial charge in [-0.05, 0) is 44.7 Å². The molecule has 0 aromatic carbocycles. The van der Waals surface area contributed by atoms with Crippen molar-refractivity contribution >= 4 is 11.8 Å². The highest BCUT2D eigenvalue weighted by Gasteiger charge is 2.49. The fourth-order valence-electron chi connectivity index (χ4n) is 3.17. The van der Waals surface area contributed by atoms with E-state index in [1.165, 1.54) is 0 Å². The van der Waals surface area contributed by atoms with Crippen LogP contribution < -0.4 is 5.32 Å². The van der Waals surface area contributed by atoms with Crippen molar-refractivity contribution in [1.82, 2.24) is 10.2 Å². The zero-order valence-electron chi connectivity index (χ0n) is 11.5. The third-order valence-corrected chi connectivity index (χ3v) is 4.74. The van der Waals surface area contributed by atoms with Crippen molar-refractivity contribution in [3.8, 4) is 0 Å². The Bertz CT molecular complexity index is 331. The summed E-state index contributed by atoms with van der Waals surface area (Å²) in [5, 5.41) is 3.31. The molecule has 2 fully saturated rings. The van der Waals surface area contributed by atoms with E-state index in [4.69, 9.17) is 0 Å². The summed E-state index contributed by atoms with van der Waals surface area (Å²) in [7, 11) is 0. The number of carbonyl (C=O) groups is 2. The van der Waals surface area contributed by atoms with Crippen LogP contribution in [0.5, 0.6) is 0 Å². The highest BCUT2D eigenvalue weighted by atomic mass is 16.2. The monoisotopic (exact) mass is 252 g/mol. The fourth-order valence-corrected chi connectivity index (χ4v) is 3.17. The van der Waals surface area contributed by atoms with Gasteiger partial charge in [-0.1, -0.05) is 13.8 Å². The highest BCUT2D eigenvalue weighted by molar-refractivity contribution is 6.05. The molecular formula is C14H24N2O2. The van der Waals surface area contributed by atoms with Gasteiger partial charge in [-0.15, -0.1) is 0 Å². The van der Waals surface area contributed by atoms with E-state index in [9.17, 15) is 9.59 Å². The van der Waals surface area contributed by atoms with Crippen LogP contribution in [0.4, 0.5) is 0 Å². The predicted molar refractivity (Wildman–Crippen MR) is 69.9 cm³/mol. The second-order valence-electron chi connectivity index (χ2n) is 5.67. The second kappa shape index (κ2) is 5.39. The third kappa shape index (κ3) is 2.30. The number of rotatable bonds is 4. The number of piperidine rings is 1. The molecular weight excluding hydrogens is 228 g/mol. The molecule has 2 aliphatic rings. The maximum absolute atomic E-state index is 12.5. The molecule has 4 heteroatoms. The number of likely N-dealkylation sites (tertiary alicyclic amines) is 1. The zero-order valence-corrected chi connectivity index (χ0v) is 11.5. The first-order valence-corrected chi connectivity index (χ1v) is 7.18. The normalized spacial score (nSPS) is 24.9. The summed E-state index contributed by atoms with van der Waals surface area (Å²) in [5.74, 6) is 0.613. The SMILES string of the molecule is CCC1(CC)CC(=O)N(CC2CCNCC2)C1=O. The van der Waals surface area contributed by atoms with E-state index < -0.39 is 5.41 Å². The van der Waals surface area contributed by atoms with E-state index in [1.807, 2.05) is 13.8 Å². The number of imide groups is 1. The van der Waals surface area contributed by atoms with Crippen molar-refractivity contribution in [2.75, 3.05) is 19.6 Å². The van der Waals surface area contributed by atoms with E-state index in [0.29, 0.717) is 18.9 Å². The van der Waals surface area contributed by atoms with Crippen molar-refractivity contribution < 1.29 is 9.59 Å². The minimum atomic E-state index is -0.399. The molecule has 0 bridgehead atoms. The molecule has 2 aliphatic heterocycles. The van der Waals surface area contributed by atoms with Crippen LogP contribution in [0.15, 0.2) is 0 Å². The summed E-state index contributed by atoms with van der Waals surface area (Å²) in [6, 6.07) is 0. The van der Waals surface area contributed by atoms with Gasteiger partial charge in [-0.2, -0.15) is 0 Å². The molecule has 18 heavy (non-hydrogen) atoms.